The maximum absolute atomic E-state index is 13.4. The summed E-state index contributed by atoms with van der Waals surface area (Å²) in [5.41, 5.74) is 3.40. The number of thioether (sulfide) groups is 1. The molecular weight excluding hydrogens is 438 g/mol. The molecule has 1 aliphatic heterocycles. The predicted octanol–water partition coefficient (Wildman–Crippen LogP) is 4.40. The van der Waals surface area contributed by atoms with Crippen LogP contribution in [0.1, 0.15) is 22.7 Å². The number of pyridine rings is 1. The van der Waals surface area contributed by atoms with Gasteiger partial charge in [0.15, 0.2) is 0 Å². The van der Waals surface area contributed by atoms with E-state index in [4.69, 9.17) is 9.47 Å². The molecular formula is C26H23NO5S. The molecule has 1 atom stereocenters. The van der Waals surface area contributed by atoms with Gasteiger partial charge in [0.05, 0.1) is 12.1 Å². The van der Waals surface area contributed by atoms with E-state index >= 15 is 0 Å². The number of fused-ring (bicyclic) bond motifs is 1. The van der Waals surface area contributed by atoms with Crippen molar-refractivity contribution in [2.45, 2.75) is 24.6 Å². The smallest absolute Gasteiger partial charge is 0.331 e. The minimum atomic E-state index is -0.720. The second-order valence-corrected chi connectivity index (χ2v) is 8.55. The summed E-state index contributed by atoms with van der Waals surface area (Å²) in [6.45, 7) is 1.99. The SMILES string of the molecule is COC(=O)[C@@H]1CSc2c(-c3ccccc3)c(C)c(/C=C/C(=O)OCc3ccccc3)c(=O)n21. The van der Waals surface area contributed by atoms with Crippen molar-refractivity contribution in [1.82, 2.24) is 4.57 Å². The van der Waals surface area contributed by atoms with Crippen molar-refractivity contribution in [2.24, 2.45) is 0 Å². The number of aromatic nitrogens is 1. The predicted molar refractivity (Wildman–Crippen MR) is 128 cm³/mol. The van der Waals surface area contributed by atoms with Crippen molar-refractivity contribution in [1.29, 1.82) is 0 Å². The molecule has 0 bridgehead atoms. The Morgan fingerprint density at radius 1 is 1.09 bits per heavy atom. The lowest BCUT2D eigenvalue weighted by Gasteiger charge is -2.18. The topological polar surface area (TPSA) is 74.6 Å². The number of methoxy groups -OCH3 is 1. The Bertz CT molecular complexity index is 1270. The third kappa shape index (κ3) is 4.64. The quantitative estimate of drug-likeness (QED) is 0.400. The van der Waals surface area contributed by atoms with Gasteiger partial charge >= 0.3 is 11.9 Å². The number of carbonyl (C=O) groups excluding carboxylic acids is 2. The second kappa shape index (κ2) is 9.92. The summed E-state index contributed by atoms with van der Waals surface area (Å²) in [7, 11) is 1.31. The van der Waals surface area contributed by atoms with E-state index in [0.29, 0.717) is 11.3 Å². The van der Waals surface area contributed by atoms with E-state index in [2.05, 4.69) is 0 Å². The van der Waals surface area contributed by atoms with Crippen LogP contribution >= 0.6 is 11.8 Å². The van der Waals surface area contributed by atoms with Gasteiger partial charge in [-0.2, -0.15) is 0 Å². The fourth-order valence-corrected chi connectivity index (χ4v) is 5.20. The molecule has 6 nitrogen and oxygen atoms in total. The Hall–Kier alpha value is -3.58. The zero-order valence-electron chi connectivity index (χ0n) is 18.3. The molecule has 1 aromatic heterocycles. The molecule has 0 saturated heterocycles. The first kappa shape index (κ1) is 22.6. The third-order valence-electron chi connectivity index (χ3n) is 5.50. The minimum Gasteiger partial charge on any atom is -0.467 e. The molecule has 33 heavy (non-hydrogen) atoms. The largest absolute Gasteiger partial charge is 0.467 e. The normalized spacial score (nSPS) is 14.8. The van der Waals surface area contributed by atoms with Crippen molar-refractivity contribution >= 4 is 29.8 Å². The highest BCUT2D eigenvalue weighted by Crippen LogP contribution is 2.41. The number of esters is 2. The Morgan fingerprint density at radius 3 is 2.42 bits per heavy atom. The van der Waals surface area contributed by atoms with Crippen molar-refractivity contribution < 1.29 is 19.1 Å². The molecule has 2 aromatic carbocycles. The standard InChI is InChI=1S/C26H23NO5S/c1-17-20(13-14-22(28)32-15-18-9-5-3-6-10-18)24(29)27-21(26(30)31-2)16-33-25(27)23(17)19-11-7-4-8-12-19/h3-14,21H,15-16H2,1-2H3/b14-13+/t21-/m0/s1. The summed E-state index contributed by atoms with van der Waals surface area (Å²) >= 11 is 1.45. The van der Waals surface area contributed by atoms with Gasteiger partial charge in [-0.05, 0) is 29.7 Å². The fourth-order valence-electron chi connectivity index (χ4n) is 3.83. The summed E-state index contributed by atoms with van der Waals surface area (Å²) in [6, 6.07) is 18.3. The molecule has 0 saturated carbocycles. The van der Waals surface area contributed by atoms with Crippen LogP contribution in [-0.4, -0.2) is 29.4 Å². The molecule has 0 amide bonds. The molecule has 0 unspecified atom stereocenters. The van der Waals surface area contributed by atoms with E-state index in [1.165, 1.54) is 35.6 Å². The van der Waals surface area contributed by atoms with Crippen molar-refractivity contribution in [3.8, 4) is 11.1 Å². The average Bonchev–Trinajstić information content (AvgIpc) is 3.28. The van der Waals surface area contributed by atoms with Crippen molar-refractivity contribution in [3.63, 3.8) is 0 Å². The van der Waals surface area contributed by atoms with Gasteiger partial charge in [0.25, 0.3) is 5.56 Å². The number of nitrogens with zero attached hydrogens (tertiary/aromatic N) is 1. The first-order valence-corrected chi connectivity index (χ1v) is 11.4. The third-order valence-corrected chi connectivity index (χ3v) is 6.65. The minimum absolute atomic E-state index is 0.141. The number of hydrogen-bond acceptors (Lipinski definition) is 6. The van der Waals surface area contributed by atoms with Gasteiger partial charge in [-0.3, -0.25) is 9.36 Å². The lowest BCUT2D eigenvalue weighted by molar-refractivity contribution is -0.144. The van der Waals surface area contributed by atoms with Crippen molar-refractivity contribution in [3.05, 3.63) is 93.8 Å². The molecule has 0 aliphatic carbocycles. The zero-order chi connectivity index (χ0) is 23.4. The highest BCUT2D eigenvalue weighted by molar-refractivity contribution is 7.99. The van der Waals surface area contributed by atoms with Gasteiger partial charge in [-0.25, -0.2) is 9.59 Å². The van der Waals surface area contributed by atoms with E-state index in [1.54, 1.807) is 0 Å². The van der Waals surface area contributed by atoms with Gasteiger partial charge in [-0.15, -0.1) is 11.8 Å². The summed E-state index contributed by atoms with van der Waals surface area (Å²) in [5.74, 6) is -0.611. The number of ether oxygens (including phenoxy) is 2. The van der Waals surface area contributed by atoms with Gasteiger partial charge in [-0.1, -0.05) is 60.7 Å². The molecule has 0 radical (unpaired) electrons. The van der Waals surface area contributed by atoms with Crippen LogP contribution in [0.5, 0.6) is 0 Å². The molecule has 7 heteroatoms. The molecule has 4 rings (SSSR count). The Kier molecular flexibility index (Phi) is 6.79. The van der Waals surface area contributed by atoms with Crippen LogP contribution in [0.2, 0.25) is 0 Å². The van der Waals surface area contributed by atoms with Crippen LogP contribution in [0, 0.1) is 6.92 Å². The molecule has 1 aliphatic rings. The summed E-state index contributed by atoms with van der Waals surface area (Å²) < 4.78 is 11.7. The van der Waals surface area contributed by atoms with E-state index in [-0.39, 0.29) is 12.2 Å². The van der Waals surface area contributed by atoms with Gasteiger partial charge < -0.3 is 9.47 Å². The number of hydrogen-bond donors (Lipinski definition) is 0. The maximum Gasteiger partial charge on any atom is 0.331 e. The van der Waals surface area contributed by atoms with E-state index in [9.17, 15) is 14.4 Å². The highest BCUT2D eigenvalue weighted by atomic mass is 32.2. The van der Waals surface area contributed by atoms with Crippen LogP contribution in [0.25, 0.3) is 17.2 Å². The molecule has 0 spiro atoms. The van der Waals surface area contributed by atoms with E-state index in [1.807, 2.05) is 67.6 Å². The second-order valence-electron chi connectivity index (χ2n) is 7.54. The van der Waals surface area contributed by atoms with Crippen LogP contribution in [0.15, 0.2) is 76.6 Å². The Balaban J connectivity index is 1.73. The summed E-state index contributed by atoms with van der Waals surface area (Å²) in [5, 5.41) is 0.725. The Morgan fingerprint density at radius 2 is 1.76 bits per heavy atom. The van der Waals surface area contributed by atoms with Gasteiger partial charge in [0.2, 0.25) is 0 Å². The first-order chi connectivity index (χ1) is 16.0. The number of carbonyl (C=O) groups is 2. The van der Waals surface area contributed by atoms with Gasteiger partial charge in [0.1, 0.15) is 12.6 Å². The highest BCUT2D eigenvalue weighted by Gasteiger charge is 2.34. The molecule has 168 valence electrons. The van der Waals surface area contributed by atoms with E-state index in [0.717, 1.165) is 27.3 Å². The fraction of sp³-hybridized carbons (Fsp3) is 0.192. The Labute approximate surface area is 195 Å². The first-order valence-electron chi connectivity index (χ1n) is 10.4. The van der Waals surface area contributed by atoms with Crippen LogP contribution in [-0.2, 0) is 25.7 Å². The number of rotatable bonds is 6. The van der Waals surface area contributed by atoms with E-state index < -0.39 is 18.0 Å². The van der Waals surface area contributed by atoms with Crippen molar-refractivity contribution in [2.75, 3.05) is 12.9 Å². The molecule has 0 fully saturated rings. The monoisotopic (exact) mass is 461 g/mol. The molecule has 0 N–H and O–H groups in total. The average molecular weight is 462 g/mol. The van der Waals surface area contributed by atoms with Crippen LogP contribution < -0.4 is 5.56 Å². The zero-order valence-corrected chi connectivity index (χ0v) is 19.1. The van der Waals surface area contributed by atoms with Gasteiger partial charge in [0, 0.05) is 23.0 Å². The lowest BCUT2D eigenvalue weighted by Crippen LogP contribution is -2.31. The van der Waals surface area contributed by atoms with Crippen LogP contribution in [0.3, 0.4) is 0 Å². The maximum atomic E-state index is 13.4. The lowest BCUT2D eigenvalue weighted by atomic mass is 9.98. The summed E-state index contributed by atoms with van der Waals surface area (Å²) in [4.78, 5) is 38.1. The number of benzene rings is 2. The molecule has 2 heterocycles. The van der Waals surface area contributed by atoms with Crippen LogP contribution in [0.4, 0.5) is 0 Å². The molecule has 3 aromatic rings. The summed E-state index contributed by atoms with van der Waals surface area (Å²) in [6.07, 6.45) is 2.73.